The lowest BCUT2D eigenvalue weighted by Gasteiger charge is -2.24. The maximum absolute atomic E-state index is 15.2. The summed E-state index contributed by atoms with van der Waals surface area (Å²) in [6, 6.07) is 1.14. The van der Waals surface area contributed by atoms with Crippen LogP contribution in [0.4, 0.5) is 10.2 Å². The molecule has 2 aliphatic rings. The van der Waals surface area contributed by atoms with Crippen LogP contribution in [0.3, 0.4) is 0 Å². The Hall–Kier alpha value is -2.72. The van der Waals surface area contributed by atoms with E-state index in [9.17, 15) is 14.7 Å². The molecule has 9 nitrogen and oxygen atoms in total. The Kier molecular flexibility index (Phi) is 6.47. The number of hydrogen-bond donors (Lipinski definition) is 2. The minimum atomic E-state index is -1.34. The molecule has 0 amide bonds. The van der Waals surface area contributed by atoms with Crippen LogP contribution >= 0.6 is 12.4 Å². The molecule has 3 N–H and O–H groups in total. The number of nitrogens with two attached hydrogens (primary N) is 1. The van der Waals surface area contributed by atoms with Crippen LogP contribution in [0.5, 0.6) is 0 Å². The number of nitrogens with zero attached hydrogens (tertiary/aromatic N) is 4. The van der Waals surface area contributed by atoms with Gasteiger partial charge in [0, 0.05) is 30.7 Å². The van der Waals surface area contributed by atoms with Crippen molar-refractivity contribution in [3.63, 3.8) is 0 Å². The third-order valence-electron chi connectivity index (χ3n) is 5.87. The predicted molar refractivity (Wildman–Crippen MR) is 126 cm³/mol. The van der Waals surface area contributed by atoms with Crippen LogP contribution in [0, 0.1) is 11.2 Å². The number of carboxylic acid groups (broad SMARTS) is 1. The van der Waals surface area contributed by atoms with Crippen LogP contribution in [0.1, 0.15) is 56.9 Å². The highest BCUT2D eigenvalue weighted by atomic mass is 35.5. The van der Waals surface area contributed by atoms with Crippen molar-refractivity contribution in [1.29, 1.82) is 0 Å². The smallest absolute Gasteiger partial charge is 0.341 e. The van der Waals surface area contributed by atoms with Crippen molar-refractivity contribution >= 4 is 40.9 Å². The Morgan fingerprint density at radius 2 is 2.09 bits per heavy atom. The molecule has 1 saturated heterocycles. The molecule has 4 rings (SSSR count). The Morgan fingerprint density at radius 1 is 1.42 bits per heavy atom. The van der Waals surface area contributed by atoms with Gasteiger partial charge in [-0.25, -0.2) is 14.2 Å². The number of aromatic nitrogens is 2. The van der Waals surface area contributed by atoms with E-state index in [1.165, 1.54) is 6.20 Å². The first kappa shape index (κ1) is 24.9. The van der Waals surface area contributed by atoms with E-state index in [0.717, 1.165) is 18.9 Å². The molecule has 0 spiro atoms. The van der Waals surface area contributed by atoms with Gasteiger partial charge in [0.2, 0.25) is 5.43 Å². The van der Waals surface area contributed by atoms with E-state index in [2.05, 4.69) is 10.1 Å². The normalized spacial score (nSPS) is 22.0. The average molecular weight is 482 g/mol. The van der Waals surface area contributed by atoms with E-state index in [4.69, 9.17) is 10.6 Å². The maximum atomic E-state index is 15.2. The van der Waals surface area contributed by atoms with Crippen molar-refractivity contribution in [3.8, 4) is 0 Å². The molecule has 180 valence electrons. The minimum absolute atomic E-state index is 0. The summed E-state index contributed by atoms with van der Waals surface area (Å²) in [4.78, 5) is 36.0. The first-order valence-electron chi connectivity index (χ1n) is 10.6. The van der Waals surface area contributed by atoms with E-state index in [-0.39, 0.29) is 47.4 Å². The van der Waals surface area contributed by atoms with Gasteiger partial charge < -0.3 is 25.1 Å². The summed E-state index contributed by atoms with van der Waals surface area (Å²) in [5, 5.41) is 13.7. The largest absolute Gasteiger partial charge is 0.477 e. The first-order valence-corrected chi connectivity index (χ1v) is 10.6. The van der Waals surface area contributed by atoms with Crippen molar-refractivity contribution < 1.29 is 19.1 Å². The van der Waals surface area contributed by atoms with E-state index < -0.39 is 28.2 Å². The Morgan fingerprint density at radius 3 is 2.64 bits per heavy atom. The van der Waals surface area contributed by atoms with Gasteiger partial charge in [0.25, 0.3) is 0 Å². The molecule has 0 radical (unpaired) electrons. The summed E-state index contributed by atoms with van der Waals surface area (Å²) in [5.41, 5.74) is 4.86. The molecule has 3 heterocycles. The summed E-state index contributed by atoms with van der Waals surface area (Å²) in [7, 11) is 0. The highest BCUT2D eigenvalue weighted by Crippen LogP contribution is 2.38. The molecule has 33 heavy (non-hydrogen) atoms. The maximum Gasteiger partial charge on any atom is 0.341 e. The molecule has 1 unspecified atom stereocenters. The Bertz CT molecular complexity index is 1190. The molecule has 2 fully saturated rings. The van der Waals surface area contributed by atoms with Gasteiger partial charge in [0.05, 0.1) is 17.6 Å². The van der Waals surface area contributed by atoms with Gasteiger partial charge in [-0.05, 0) is 39.7 Å². The minimum Gasteiger partial charge on any atom is -0.477 e. The highest BCUT2D eigenvalue weighted by molar-refractivity contribution is 5.97. The lowest BCUT2D eigenvalue weighted by molar-refractivity contribution is -0.000438. The summed E-state index contributed by atoms with van der Waals surface area (Å²) >= 11 is 0. The molecule has 2 aromatic rings. The highest BCUT2D eigenvalue weighted by Gasteiger charge is 2.41. The number of fused-ring (bicyclic) bond motifs is 1. The van der Waals surface area contributed by atoms with Crippen molar-refractivity contribution in [2.75, 3.05) is 24.5 Å². The van der Waals surface area contributed by atoms with Crippen LogP contribution in [0.2, 0.25) is 0 Å². The number of oxime groups is 1. The number of hydrogen-bond acceptors (Lipinski definition) is 7. The number of anilines is 1. The van der Waals surface area contributed by atoms with Crippen molar-refractivity contribution in [2.24, 2.45) is 16.3 Å². The molecule has 0 bridgehead atoms. The van der Waals surface area contributed by atoms with Crippen molar-refractivity contribution in [2.45, 2.75) is 52.2 Å². The van der Waals surface area contributed by atoms with Crippen LogP contribution in [-0.4, -0.2) is 51.6 Å². The summed E-state index contributed by atoms with van der Waals surface area (Å²) in [6.07, 6.45) is 3.01. The van der Waals surface area contributed by atoms with E-state index in [1.54, 1.807) is 9.47 Å². The molecule has 2 aromatic heterocycles. The van der Waals surface area contributed by atoms with Gasteiger partial charge in [-0.2, -0.15) is 0 Å². The molecule has 1 aliphatic carbocycles. The third-order valence-corrected chi connectivity index (χ3v) is 5.87. The zero-order chi connectivity index (χ0) is 23.4. The molecular formula is C22H29ClFN5O4. The second-order valence-corrected chi connectivity index (χ2v) is 9.84. The van der Waals surface area contributed by atoms with Crippen LogP contribution in [-0.2, 0) is 4.84 Å². The molecule has 0 aromatic carbocycles. The van der Waals surface area contributed by atoms with Crippen molar-refractivity contribution in [1.82, 2.24) is 9.55 Å². The predicted octanol–water partition coefficient (Wildman–Crippen LogP) is 2.95. The lowest BCUT2D eigenvalue weighted by atomic mass is 9.88. The Labute approximate surface area is 196 Å². The summed E-state index contributed by atoms with van der Waals surface area (Å²) in [6.45, 7) is 8.55. The molecule has 1 aliphatic heterocycles. The van der Waals surface area contributed by atoms with Gasteiger partial charge >= 0.3 is 5.97 Å². The fourth-order valence-electron chi connectivity index (χ4n) is 3.85. The zero-order valence-corrected chi connectivity index (χ0v) is 19.9. The van der Waals surface area contributed by atoms with Gasteiger partial charge in [0.15, 0.2) is 11.6 Å². The number of carbonyl (C=O) groups is 1. The van der Waals surface area contributed by atoms with E-state index >= 15 is 4.39 Å². The number of aromatic carboxylic acids is 1. The monoisotopic (exact) mass is 481 g/mol. The molecule has 1 saturated carbocycles. The van der Waals surface area contributed by atoms with Crippen LogP contribution in [0.15, 0.2) is 22.2 Å². The van der Waals surface area contributed by atoms with E-state index in [0.29, 0.717) is 18.8 Å². The Balaban J connectivity index is 0.00000306. The summed E-state index contributed by atoms with van der Waals surface area (Å²) < 4.78 is 16.9. The SMILES string of the molecule is CC(C)(C)O/N=C1/CN(c2nc3c(cc2F)c(=O)c(C(=O)O)cn3C2CC2)CC1(C)CN.Cl. The topological polar surface area (TPSA) is 123 Å². The van der Waals surface area contributed by atoms with Crippen molar-refractivity contribution in [3.05, 3.63) is 33.9 Å². The molecular weight excluding hydrogens is 453 g/mol. The van der Waals surface area contributed by atoms with Gasteiger partial charge in [0.1, 0.15) is 16.8 Å². The van der Waals surface area contributed by atoms with Crippen LogP contribution in [0.25, 0.3) is 11.0 Å². The van der Waals surface area contributed by atoms with Gasteiger partial charge in [-0.1, -0.05) is 12.1 Å². The zero-order valence-electron chi connectivity index (χ0n) is 19.1. The fourth-order valence-corrected chi connectivity index (χ4v) is 3.85. The third kappa shape index (κ3) is 4.67. The number of carboxylic acids is 1. The number of pyridine rings is 2. The van der Waals surface area contributed by atoms with Gasteiger partial charge in [-0.15, -0.1) is 12.4 Å². The summed E-state index contributed by atoms with van der Waals surface area (Å²) in [5.74, 6) is -1.96. The molecule has 1 atom stereocenters. The van der Waals surface area contributed by atoms with Gasteiger partial charge in [-0.3, -0.25) is 4.79 Å². The number of rotatable bonds is 5. The standard InChI is InChI=1S/C22H28FN5O4.ClH/c1-21(2,3)32-26-16-9-27(11-22(16,4)10-24)19-15(23)7-13-17(29)14(20(30)31)8-28(12-5-6-12)18(13)25-19;/h7-8,12H,5-6,9-11,24H2,1-4H3,(H,30,31);1H/b26-16-;. The second-order valence-electron chi connectivity index (χ2n) is 9.84. The fraction of sp³-hybridized carbons (Fsp3) is 0.545. The average Bonchev–Trinajstić information content (AvgIpc) is 3.49. The quantitative estimate of drug-likeness (QED) is 0.629. The molecule has 11 heteroatoms. The second kappa shape index (κ2) is 8.57. The number of halogens is 2. The van der Waals surface area contributed by atoms with E-state index in [1.807, 2.05) is 27.7 Å². The van der Waals surface area contributed by atoms with Crippen LogP contribution < -0.4 is 16.1 Å². The first-order chi connectivity index (χ1) is 14.9. The lowest BCUT2D eigenvalue weighted by Crippen LogP contribution is -2.36.